The van der Waals surface area contributed by atoms with E-state index < -0.39 is 0 Å². The van der Waals surface area contributed by atoms with Crippen molar-refractivity contribution >= 4 is 274 Å². The Kier molecular flexibility index (Phi) is 375. The fourth-order valence-corrected chi connectivity index (χ4v) is 0. The van der Waals surface area contributed by atoms with E-state index in [-0.39, 0.29) is 274 Å². The summed E-state index contributed by atoms with van der Waals surface area (Å²) in [5.74, 6) is 0. The SMILES string of the molecule is [Ca].[Na].[Na].[Na].[Na].[Na].[Na].[Na].[Na]. The topological polar surface area (TPSA) is 0 Å². The molecule has 0 aliphatic rings. The van der Waals surface area contributed by atoms with Crippen LogP contribution in [0.3, 0.4) is 0 Å². The molecule has 0 atom stereocenters. The molecule has 0 bridgehead atoms. The predicted octanol–water partition coefficient (Wildman–Crippen LogP) is -3.43. The summed E-state index contributed by atoms with van der Waals surface area (Å²) in [5, 5.41) is 0. The molecular weight excluding hydrogens is 224 g/mol. The average Bonchev–Trinajstić information content (AvgIpc) is 0. The van der Waals surface area contributed by atoms with Crippen molar-refractivity contribution in [2.24, 2.45) is 0 Å². The van der Waals surface area contributed by atoms with Crippen molar-refractivity contribution in [2.75, 3.05) is 0 Å². The second kappa shape index (κ2) is 53.2. The van der Waals surface area contributed by atoms with Crippen LogP contribution in [0, 0.1) is 0 Å². The van der Waals surface area contributed by atoms with E-state index in [0.717, 1.165) is 0 Å². The van der Waals surface area contributed by atoms with Gasteiger partial charge in [-0.1, -0.05) is 0 Å². The van der Waals surface area contributed by atoms with Crippen LogP contribution in [0.2, 0.25) is 0 Å². The predicted molar refractivity (Wildman–Crippen MR) is 51.8 cm³/mol. The minimum Gasteiger partial charge on any atom is 0 e. The fourth-order valence-electron chi connectivity index (χ4n) is 0. The van der Waals surface area contributed by atoms with Crippen LogP contribution in [0.25, 0.3) is 0 Å². The van der Waals surface area contributed by atoms with E-state index in [2.05, 4.69) is 0 Å². The summed E-state index contributed by atoms with van der Waals surface area (Å²) in [5.41, 5.74) is 0. The van der Waals surface area contributed by atoms with E-state index >= 15 is 0 Å². The summed E-state index contributed by atoms with van der Waals surface area (Å²) in [7, 11) is 0. The van der Waals surface area contributed by atoms with Crippen LogP contribution in [-0.2, 0) is 0 Å². The third-order valence-corrected chi connectivity index (χ3v) is 0. The summed E-state index contributed by atoms with van der Waals surface area (Å²) in [6.45, 7) is 0. The van der Waals surface area contributed by atoms with E-state index in [9.17, 15) is 0 Å². The Morgan fingerprint density at radius 2 is 0.222 bits per heavy atom. The van der Waals surface area contributed by atoms with Crippen LogP contribution in [-0.4, -0.2) is 274 Å². The Labute approximate surface area is 265 Å². The summed E-state index contributed by atoms with van der Waals surface area (Å²) in [6, 6.07) is 0. The van der Waals surface area contributed by atoms with Gasteiger partial charge in [0, 0.05) is 274 Å². The molecule has 9 heteroatoms. The molecule has 0 saturated carbocycles. The molecule has 0 rings (SSSR count). The van der Waals surface area contributed by atoms with Gasteiger partial charge in [-0.3, -0.25) is 0 Å². The normalized spacial score (nSPS) is 0. The Bertz CT molecular complexity index is 4.53. The average molecular weight is 224 g/mol. The first-order valence-corrected chi connectivity index (χ1v) is 0. The molecule has 9 heavy (non-hydrogen) atoms. The van der Waals surface area contributed by atoms with Gasteiger partial charge in [-0.2, -0.15) is 0 Å². The van der Waals surface area contributed by atoms with Crippen LogP contribution >= 0.6 is 0 Å². The van der Waals surface area contributed by atoms with Gasteiger partial charge in [0.1, 0.15) is 0 Å². The number of hydrogen-bond acceptors (Lipinski definition) is 0. The fraction of sp³-hybridized carbons (Fsp3) is 0. The second-order valence-corrected chi connectivity index (χ2v) is 0. The van der Waals surface area contributed by atoms with E-state index in [0.29, 0.717) is 0 Å². The van der Waals surface area contributed by atoms with Gasteiger partial charge in [-0.05, 0) is 0 Å². The van der Waals surface area contributed by atoms with Gasteiger partial charge in [0.15, 0.2) is 0 Å². The first-order valence-electron chi connectivity index (χ1n) is 0. The van der Waals surface area contributed by atoms with Crippen molar-refractivity contribution in [2.45, 2.75) is 0 Å². The summed E-state index contributed by atoms with van der Waals surface area (Å²) >= 11 is 0. The van der Waals surface area contributed by atoms with Crippen molar-refractivity contribution in [3.05, 3.63) is 0 Å². The molecule has 10 valence electrons. The molecule has 0 unspecified atom stereocenters. The third-order valence-electron chi connectivity index (χ3n) is 0. The van der Waals surface area contributed by atoms with Gasteiger partial charge in [0.2, 0.25) is 0 Å². The Morgan fingerprint density at radius 1 is 0.222 bits per heavy atom. The van der Waals surface area contributed by atoms with Crippen LogP contribution in [0.15, 0.2) is 0 Å². The first kappa shape index (κ1) is 63.4. The Balaban J connectivity index is 0. The van der Waals surface area contributed by atoms with Crippen LogP contribution in [0.5, 0.6) is 0 Å². The van der Waals surface area contributed by atoms with Crippen LogP contribution < -0.4 is 0 Å². The molecule has 0 nitrogen and oxygen atoms in total. The van der Waals surface area contributed by atoms with Crippen LogP contribution in [0.4, 0.5) is 0 Å². The molecule has 10 radical (unpaired) electrons. The maximum atomic E-state index is 0. The molecule has 0 N–H and O–H groups in total. The molecule has 0 spiro atoms. The maximum Gasteiger partial charge on any atom is 0 e. The van der Waals surface area contributed by atoms with E-state index in [1.54, 1.807) is 0 Å². The van der Waals surface area contributed by atoms with E-state index in [1.807, 2.05) is 0 Å². The molecule has 0 aromatic carbocycles. The van der Waals surface area contributed by atoms with E-state index in [4.69, 9.17) is 0 Å². The molecule has 0 amide bonds. The zero-order chi connectivity index (χ0) is 0. The van der Waals surface area contributed by atoms with Crippen molar-refractivity contribution in [3.63, 3.8) is 0 Å². The second-order valence-electron chi connectivity index (χ2n) is 0. The maximum absolute atomic E-state index is 0. The molecule has 0 aliphatic carbocycles. The molecular formula is CaNa8. The molecule has 0 saturated heterocycles. The zero-order valence-electron chi connectivity index (χ0n) is 8.71. The van der Waals surface area contributed by atoms with Crippen molar-refractivity contribution in [1.29, 1.82) is 0 Å². The summed E-state index contributed by atoms with van der Waals surface area (Å²) in [4.78, 5) is 0. The van der Waals surface area contributed by atoms with Gasteiger partial charge < -0.3 is 0 Å². The van der Waals surface area contributed by atoms with Gasteiger partial charge in [0.25, 0.3) is 0 Å². The third kappa shape index (κ3) is 46.9. The smallest absolute Gasteiger partial charge is 0 e. The largest absolute Gasteiger partial charge is 0 e. The van der Waals surface area contributed by atoms with Crippen molar-refractivity contribution in [1.82, 2.24) is 0 Å². The van der Waals surface area contributed by atoms with Gasteiger partial charge in [0.05, 0.1) is 0 Å². The minimum atomic E-state index is 0. The van der Waals surface area contributed by atoms with Gasteiger partial charge in [-0.25, -0.2) is 0 Å². The minimum absolute atomic E-state index is 0. The van der Waals surface area contributed by atoms with Crippen molar-refractivity contribution < 1.29 is 0 Å². The molecule has 0 aromatic heterocycles. The summed E-state index contributed by atoms with van der Waals surface area (Å²) < 4.78 is 0. The molecule has 0 aliphatic heterocycles. The van der Waals surface area contributed by atoms with Crippen LogP contribution in [0.1, 0.15) is 0 Å². The standard InChI is InChI=1S/Ca.8Na. The quantitative estimate of drug-likeness (QED) is 0.376. The van der Waals surface area contributed by atoms with Crippen molar-refractivity contribution in [3.8, 4) is 0 Å². The Morgan fingerprint density at radius 3 is 0.222 bits per heavy atom. The number of hydrogen-bond donors (Lipinski definition) is 0. The molecule has 0 aromatic rings. The van der Waals surface area contributed by atoms with Gasteiger partial charge >= 0.3 is 0 Å². The van der Waals surface area contributed by atoms with E-state index in [1.165, 1.54) is 0 Å². The molecule has 0 fully saturated rings. The number of rotatable bonds is 0. The summed E-state index contributed by atoms with van der Waals surface area (Å²) in [6.07, 6.45) is 0. The first-order chi connectivity index (χ1) is 0. The zero-order valence-corrected chi connectivity index (χ0v) is 26.9. The molecule has 0 heterocycles. The van der Waals surface area contributed by atoms with Gasteiger partial charge in [-0.15, -0.1) is 0 Å². The monoisotopic (exact) mass is 224 g/mol. The Hall–Kier alpha value is 9.26.